The molecule has 1 aliphatic rings. The Bertz CT molecular complexity index is 987. The minimum atomic E-state index is -0.481. The zero-order valence-electron chi connectivity index (χ0n) is 14.8. The van der Waals surface area contributed by atoms with E-state index in [-0.39, 0.29) is 16.5 Å². The van der Waals surface area contributed by atoms with E-state index in [1.54, 1.807) is 23.5 Å². The summed E-state index contributed by atoms with van der Waals surface area (Å²) in [5, 5.41) is 5.86. The molecule has 8 heteroatoms. The molecule has 2 aromatic carbocycles. The van der Waals surface area contributed by atoms with Gasteiger partial charge in [0.2, 0.25) is 0 Å². The summed E-state index contributed by atoms with van der Waals surface area (Å²) in [5.41, 5.74) is 2.71. The molecule has 0 radical (unpaired) electrons. The number of nitrogens with zero attached hydrogens (tertiary/aromatic N) is 2. The van der Waals surface area contributed by atoms with Gasteiger partial charge in [-0.1, -0.05) is 23.7 Å². The van der Waals surface area contributed by atoms with Crippen LogP contribution in [0, 0.1) is 5.82 Å². The summed E-state index contributed by atoms with van der Waals surface area (Å²) < 4.78 is 18.5. The van der Waals surface area contributed by atoms with Crippen molar-refractivity contribution in [2.24, 2.45) is 0 Å². The van der Waals surface area contributed by atoms with Gasteiger partial charge in [-0.2, -0.15) is 0 Å². The molecule has 5 nitrogen and oxygen atoms in total. The highest BCUT2D eigenvalue weighted by Crippen LogP contribution is 2.29. The second-order valence-electron chi connectivity index (χ2n) is 6.27. The Morgan fingerprint density at radius 3 is 2.64 bits per heavy atom. The number of ether oxygens (including phenoxy) is 1. The predicted molar refractivity (Wildman–Crippen MR) is 110 cm³/mol. The normalized spacial score (nSPS) is 14.1. The topological polar surface area (TPSA) is 54.5 Å². The van der Waals surface area contributed by atoms with Gasteiger partial charge in [0.15, 0.2) is 5.13 Å². The van der Waals surface area contributed by atoms with Crippen molar-refractivity contribution in [2.75, 3.05) is 36.5 Å². The molecule has 1 aromatic heterocycles. The molecule has 0 saturated carbocycles. The molecular formula is C20H17ClFN3O2S. The molecule has 0 atom stereocenters. The van der Waals surface area contributed by atoms with Gasteiger partial charge in [-0.15, -0.1) is 11.3 Å². The fourth-order valence-corrected chi connectivity index (χ4v) is 4.03. The van der Waals surface area contributed by atoms with Crippen molar-refractivity contribution in [3.05, 3.63) is 64.2 Å². The monoisotopic (exact) mass is 417 g/mol. The first-order valence-corrected chi connectivity index (χ1v) is 10.0. The Hall–Kier alpha value is -2.48. The van der Waals surface area contributed by atoms with E-state index >= 15 is 0 Å². The van der Waals surface area contributed by atoms with Crippen LogP contribution in [0.25, 0.3) is 11.3 Å². The maximum Gasteiger partial charge on any atom is 0.257 e. The van der Waals surface area contributed by atoms with Crippen molar-refractivity contribution >= 4 is 39.7 Å². The Labute approximate surface area is 170 Å². The predicted octanol–water partition coefficient (Wildman–Crippen LogP) is 4.69. The van der Waals surface area contributed by atoms with Crippen LogP contribution >= 0.6 is 22.9 Å². The molecule has 1 aliphatic heterocycles. The van der Waals surface area contributed by atoms with Gasteiger partial charge < -0.3 is 15.0 Å². The smallest absolute Gasteiger partial charge is 0.257 e. The first-order chi connectivity index (χ1) is 13.6. The van der Waals surface area contributed by atoms with E-state index in [1.165, 1.54) is 12.1 Å². The molecule has 3 aromatic rings. The second-order valence-corrected chi connectivity index (χ2v) is 7.51. The van der Waals surface area contributed by atoms with Crippen LogP contribution in [0.15, 0.2) is 47.8 Å². The van der Waals surface area contributed by atoms with Crippen LogP contribution in [0.5, 0.6) is 0 Å². The number of anilines is 2. The lowest BCUT2D eigenvalue weighted by Crippen LogP contribution is -2.36. The van der Waals surface area contributed by atoms with E-state index in [4.69, 9.17) is 21.3 Å². The standard InChI is InChI=1S/C20H17ClFN3O2S/c21-17-11-14(22)3-6-16(17)19(26)23-15-4-1-13(2-5-15)18-12-28-20(24-18)25-7-9-27-10-8-25/h1-6,11-12H,7-10H2,(H,23,26). The van der Waals surface area contributed by atoms with E-state index in [1.807, 2.05) is 17.5 Å². The number of halogens is 2. The van der Waals surface area contributed by atoms with Gasteiger partial charge in [0, 0.05) is 29.7 Å². The van der Waals surface area contributed by atoms with Gasteiger partial charge in [0.05, 0.1) is 29.5 Å². The van der Waals surface area contributed by atoms with Crippen LogP contribution in [0.2, 0.25) is 5.02 Å². The maximum absolute atomic E-state index is 13.1. The fourth-order valence-electron chi connectivity index (χ4n) is 2.89. The molecule has 1 saturated heterocycles. The number of nitrogens with one attached hydrogen (secondary N) is 1. The quantitative estimate of drug-likeness (QED) is 0.669. The Kier molecular flexibility index (Phi) is 5.57. The van der Waals surface area contributed by atoms with E-state index in [9.17, 15) is 9.18 Å². The van der Waals surface area contributed by atoms with E-state index in [0.29, 0.717) is 5.69 Å². The number of morpholine rings is 1. The van der Waals surface area contributed by atoms with Crippen LogP contribution in [-0.4, -0.2) is 37.2 Å². The molecule has 1 N–H and O–H groups in total. The summed E-state index contributed by atoms with van der Waals surface area (Å²) >= 11 is 7.55. The summed E-state index contributed by atoms with van der Waals surface area (Å²) in [7, 11) is 0. The van der Waals surface area contributed by atoms with Crippen molar-refractivity contribution in [1.82, 2.24) is 4.98 Å². The second kappa shape index (κ2) is 8.26. The van der Waals surface area contributed by atoms with Gasteiger partial charge in [-0.05, 0) is 30.3 Å². The third-order valence-electron chi connectivity index (χ3n) is 4.39. The maximum atomic E-state index is 13.1. The lowest BCUT2D eigenvalue weighted by Gasteiger charge is -2.26. The first-order valence-electron chi connectivity index (χ1n) is 8.75. The van der Waals surface area contributed by atoms with E-state index in [0.717, 1.165) is 48.8 Å². The van der Waals surface area contributed by atoms with Crippen LogP contribution in [-0.2, 0) is 4.74 Å². The van der Waals surface area contributed by atoms with Crippen LogP contribution in [0.1, 0.15) is 10.4 Å². The number of thiazole rings is 1. The zero-order chi connectivity index (χ0) is 19.5. The highest BCUT2D eigenvalue weighted by atomic mass is 35.5. The molecule has 0 unspecified atom stereocenters. The first kappa shape index (κ1) is 18.9. The van der Waals surface area contributed by atoms with Gasteiger partial charge in [0.25, 0.3) is 5.91 Å². The number of carbonyl (C=O) groups is 1. The molecule has 4 rings (SSSR count). The van der Waals surface area contributed by atoms with E-state index in [2.05, 4.69) is 10.2 Å². The number of hydrogen-bond donors (Lipinski definition) is 1. The number of carbonyl (C=O) groups excluding carboxylic acids is 1. The molecule has 28 heavy (non-hydrogen) atoms. The highest BCUT2D eigenvalue weighted by molar-refractivity contribution is 7.14. The van der Waals surface area contributed by atoms with E-state index < -0.39 is 5.82 Å². The number of aromatic nitrogens is 1. The molecule has 2 heterocycles. The van der Waals surface area contributed by atoms with Gasteiger partial charge in [0.1, 0.15) is 5.82 Å². The largest absolute Gasteiger partial charge is 0.378 e. The Morgan fingerprint density at radius 2 is 1.93 bits per heavy atom. The summed E-state index contributed by atoms with van der Waals surface area (Å²) in [6.07, 6.45) is 0. The summed E-state index contributed by atoms with van der Waals surface area (Å²) in [6.45, 7) is 3.15. The average Bonchev–Trinajstić information content (AvgIpc) is 3.19. The minimum Gasteiger partial charge on any atom is -0.378 e. The molecule has 0 spiro atoms. The number of amides is 1. The zero-order valence-corrected chi connectivity index (χ0v) is 16.4. The van der Waals surface area contributed by atoms with Crippen molar-refractivity contribution < 1.29 is 13.9 Å². The average molecular weight is 418 g/mol. The minimum absolute atomic E-state index is 0.0761. The summed E-state index contributed by atoms with van der Waals surface area (Å²) in [6, 6.07) is 11.1. The number of benzene rings is 2. The van der Waals surface area contributed by atoms with Gasteiger partial charge >= 0.3 is 0 Å². The van der Waals surface area contributed by atoms with Crippen LogP contribution in [0.4, 0.5) is 15.2 Å². The molecule has 0 aliphatic carbocycles. The van der Waals surface area contributed by atoms with Crippen molar-refractivity contribution in [2.45, 2.75) is 0 Å². The Balaban J connectivity index is 1.45. The van der Waals surface area contributed by atoms with Crippen molar-refractivity contribution in [3.8, 4) is 11.3 Å². The third kappa shape index (κ3) is 4.16. The molecule has 0 bridgehead atoms. The summed E-state index contributed by atoms with van der Waals surface area (Å²) in [5.74, 6) is -0.869. The fraction of sp³-hybridized carbons (Fsp3) is 0.200. The van der Waals surface area contributed by atoms with Crippen molar-refractivity contribution in [3.63, 3.8) is 0 Å². The molecular weight excluding hydrogens is 401 g/mol. The SMILES string of the molecule is O=C(Nc1ccc(-c2csc(N3CCOCC3)n2)cc1)c1ccc(F)cc1Cl. The number of hydrogen-bond acceptors (Lipinski definition) is 5. The third-order valence-corrected chi connectivity index (χ3v) is 5.60. The van der Waals surface area contributed by atoms with Crippen molar-refractivity contribution in [1.29, 1.82) is 0 Å². The summed E-state index contributed by atoms with van der Waals surface area (Å²) in [4.78, 5) is 19.3. The van der Waals surface area contributed by atoms with Gasteiger partial charge in [-0.25, -0.2) is 9.37 Å². The number of rotatable bonds is 4. The van der Waals surface area contributed by atoms with Crippen LogP contribution < -0.4 is 10.2 Å². The molecule has 1 amide bonds. The Morgan fingerprint density at radius 1 is 1.18 bits per heavy atom. The van der Waals surface area contributed by atoms with Crippen LogP contribution in [0.3, 0.4) is 0 Å². The highest BCUT2D eigenvalue weighted by Gasteiger charge is 2.15. The molecule has 1 fully saturated rings. The lowest BCUT2D eigenvalue weighted by atomic mass is 10.1. The lowest BCUT2D eigenvalue weighted by molar-refractivity contribution is 0.102. The van der Waals surface area contributed by atoms with Gasteiger partial charge in [-0.3, -0.25) is 4.79 Å². The molecule has 144 valence electrons.